The van der Waals surface area contributed by atoms with Crippen LogP contribution in [0.5, 0.6) is 0 Å². The first-order chi connectivity index (χ1) is 8.95. The van der Waals surface area contributed by atoms with Crippen molar-refractivity contribution in [2.24, 2.45) is 4.40 Å². The Morgan fingerprint density at radius 2 is 1.53 bits per heavy atom. The SMILES string of the molecule is C=NS(=O)(=O)c1ccc(C)cc1.Clc1ccccc1. The summed E-state index contributed by atoms with van der Waals surface area (Å²) < 4.78 is 25.2. The van der Waals surface area contributed by atoms with Gasteiger partial charge in [0.1, 0.15) is 0 Å². The van der Waals surface area contributed by atoms with Gasteiger partial charge in [-0.3, -0.25) is 0 Å². The van der Waals surface area contributed by atoms with Crippen molar-refractivity contribution in [2.45, 2.75) is 11.8 Å². The van der Waals surface area contributed by atoms with Crippen LogP contribution in [0.15, 0.2) is 63.9 Å². The minimum Gasteiger partial charge on any atom is -0.199 e. The largest absolute Gasteiger partial charge is 0.281 e. The molecule has 0 aliphatic carbocycles. The first-order valence-corrected chi connectivity index (χ1v) is 7.28. The molecule has 0 atom stereocenters. The van der Waals surface area contributed by atoms with Gasteiger partial charge in [0.25, 0.3) is 10.0 Å². The maximum absolute atomic E-state index is 11.1. The Balaban J connectivity index is 0.000000218. The van der Waals surface area contributed by atoms with Crippen molar-refractivity contribution in [2.75, 3.05) is 0 Å². The Morgan fingerprint density at radius 1 is 1.00 bits per heavy atom. The Kier molecular flexibility index (Phi) is 5.73. The predicted octanol–water partition coefficient (Wildman–Crippen LogP) is 3.72. The van der Waals surface area contributed by atoms with E-state index in [4.69, 9.17) is 11.6 Å². The molecule has 19 heavy (non-hydrogen) atoms. The van der Waals surface area contributed by atoms with Gasteiger partial charge >= 0.3 is 0 Å². The minimum absolute atomic E-state index is 0.183. The molecule has 0 heterocycles. The fourth-order valence-corrected chi connectivity index (χ4v) is 1.97. The van der Waals surface area contributed by atoms with Gasteiger partial charge in [-0.05, 0) is 31.2 Å². The summed E-state index contributed by atoms with van der Waals surface area (Å²) in [5.74, 6) is 0. The highest BCUT2D eigenvalue weighted by molar-refractivity contribution is 7.90. The summed E-state index contributed by atoms with van der Waals surface area (Å²) in [6.07, 6.45) is 0. The zero-order valence-corrected chi connectivity index (χ0v) is 12.0. The molecule has 100 valence electrons. The minimum atomic E-state index is -3.50. The van der Waals surface area contributed by atoms with Crippen molar-refractivity contribution in [1.82, 2.24) is 0 Å². The van der Waals surface area contributed by atoms with Crippen LogP contribution in [0.1, 0.15) is 5.56 Å². The summed E-state index contributed by atoms with van der Waals surface area (Å²) in [5.41, 5.74) is 1.01. The second-order valence-corrected chi connectivity index (χ2v) is 5.83. The normalized spacial score (nSPS) is 10.2. The van der Waals surface area contributed by atoms with Gasteiger partial charge in [-0.25, -0.2) is 0 Å². The summed E-state index contributed by atoms with van der Waals surface area (Å²) in [6, 6.07) is 15.9. The number of rotatable bonds is 2. The standard InChI is InChI=1S/C8H9NO2S.C6H5Cl/c1-7-3-5-8(6-4-7)12(10,11)9-2;7-6-4-2-1-3-5-6/h3-6H,2H2,1H3;1-5H. The number of aryl methyl sites for hydroxylation is 1. The highest BCUT2D eigenvalue weighted by Gasteiger charge is 2.08. The molecular weight excluding hydrogens is 282 g/mol. The molecule has 0 unspecified atom stereocenters. The van der Waals surface area contributed by atoms with E-state index in [1.807, 2.05) is 37.3 Å². The maximum Gasteiger partial charge on any atom is 0.281 e. The van der Waals surface area contributed by atoms with Crippen LogP contribution >= 0.6 is 11.6 Å². The Morgan fingerprint density at radius 3 is 1.89 bits per heavy atom. The zero-order chi connectivity index (χ0) is 14.3. The van der Waals surface area contributed by atoms with Crippen molar-refractivity contribution >= 4 is 28.3 Å². The maximum atomic E-state index is 11.1. The molecule has 0 amide bonds. The van der Waals surface area contributed by atoms with Crippen molar-refractivity contribution in [1.29, 1.82) is 0 Å². The van der Waals surface area contributed by atoms with E-state index < -0.39 is 10.0 Å². The Labute approximate surface area is 118 Å². The third kappa shape index (κ3) is 5.24. The fourth-order valence-electron chi connectivity index (χ4n) is 1.20. The molecule has 2 aromatic carbocycles. The molecule has 0 saturated heterocycles. The van der Waals surface area contributed by atoms with Crippen LogP contribution in [0.3, 0.4) is 0 Å². The van der Waals surface area contributed by atoms with Crippen molar-refractivity contribution < 1.29 is 8.42 Å². The lowest BCUT2D eigenvalue weighted by Crippen LogP contribution is -1.94. The molecule has 0 N–H and O–H groups in total. The van der Waals surface area contributed by atoms with Gasteiger partial charge in [-0.2, -0.15) is 12.8 Å². The summed E-state index contributed by atoms with van der Waals surface area (Å²) in [6.45, 7) is 4.88. The molecule has 2 aromatic rings. The molecule has 0 radical (unpaired) electrons. The number of halogens is 1. The first-order valence-electron chi connectivity index (χ1n) is 5.46. The van der Waals surface area contributed by atoms with Crippen LogP contribution < -0.4 is 0 Å². The molecule has 0 aliphatic rings. The topological polar surface area (TPSA) is 46.5 Å². The molecule has 2 rings (SSSR count). The molecule has 5 heteroatoms. The van der Waals surface area contributed by atoms with E-state index in [-0.39, 0.29) is 4.90 Å². The number of sulfonamides is 1. The van der Waals surface area contributed by atoms with Crippen LogP contribution in [0.4, 0.5) is 0 Å². The monoisotopic (exact) mass is 295 g/mol. The van der Waals surface area contributed by atoms with Crippen LogP contribution in [-0.2, 0) is 10.0 Å². The fraction of sp³-hybridized carbons (Fsp3) is 0.0714. The number of nitrogens with zero attached hydrogens (tertiary/aromatic N) is 1. The number of hydrogen-bond acceptors (Lipinski definition) is 2. The molecule has 0 saturated carbocycles. The lowest BCUT2D eigenvalue weighted by Gasteiger charge is -1.97. The molecule has 3 nitrogen and oxygen atoms in total. The Hall–Kier alpha value is -1.65. The molecule has 0 spiro atoms. The first kappa shape index (κ1) is 15.4. The lowest BCUT2D eigenvalue weighted by molar-refractivity contribution is 0.598. The van der Waals surface area contributed by atoms with Gasteiger partial charge < -0.3 is 0 Å². The molecule has 0 bridgehead atoms. The Bertz CT molecular complexity index is 622. The van der Waals surface area contributed by atoms with E-state index in [2.05, 4.69) is 11.1 Å². The third-order valence-electron chi connectivity index (χ3n) is 2.22. The van der Waals surface area contributed by atoms with Crippen LogP contribution in [0.2, 0.25) is 5.02 Å². The quantitative estimate of drug-likeness (QED) is 0.793. The molecule has 0 aliphatic heterocycles. The van der Waals surface area contributed by atoms with Crippen molar-refractivity contribution in [3.05, 3.63) is 65.2 Å². The lowest BCUT2D eigenvalue weighted by atomic mass is 10.2. The van der Waals surface area contributed by atoms with Crippen LogP contribution in [0.25, 0.3) is 0 Å². The summed E-state index contributed by atoms with van der Waals surface area (Å²) in [5, 5.41) is 0.794. The highest BCUT2D eigenvalue weighted by atomic mass is 35.5. The molecular formula is C14H14ClNO2S. The summed E-state index contributed by atoms with van der Waals surface area (Å²) in [4.78, 5) is 0.183. The van der Waals surface area contributed by atoms with Gasteiger partial charge in [-0.1, -0.05) is 47.5 Å². The van der Waals surface area contributed by atoms with Crippen LogP contribution in [-0.4, -0.2) is 15.1 Å². The van der Waals surface area contributed by atoms with Crippen molar-refractivity contribution in [3.8, 4) is 0 Å². The van der Waals surface area contributed by atoms with Gasteiger partial charge in [0, 0.05) is 11.7 Å². The highest BCUT2D eigenvalue weighted by Crippen LogP contribution is 2.11. The van der Waals surface area contributed by atoms with Gasteiger partial charge in [0.05, 0.1) is 4.90 Å². The van der Waals surface area contributed by atoms with Gasteiger partial charge in [-0.15, -0.1) is 0 Å². The van der Waals surface area contributed by atoms with E-state index in [1.165, 1.54) is 12.1 Å². The van der Waals surface area contributed by atoms with E-state index in [1.54, 1.807) is 12.1 Å². The zero-order valence-electron chi connectivity index (χ0n) is 10.5. The van der Waals surface area contributed by atoms with Crippen LogP contribution in [0, 0.1) is 6.92 Å². The predicted molar refractivity (Wildman–Crippen MR) is 79.4 cm³/mol. The average molecular weight is 296 g/mol. The number of hydrogen-bond donors (Lipinski definition) is 0. The van der Waals surface area contributed by atoms with Gasteiger partial charge in [0.2, 0.25) is 0 Å². The van der Waals surface area contributed by atoms with E-state index in [0.717, 1.165) is 10.6 Å². The van der Waals surface area contributed by atoms with Gasteiger partial charge in [0.15, 0.2) is 0 Å². The smallest absolute Gasteiger partial charge is 0.199 e. The summed E-state index contributed by atoms with van der Waals surface area (Å²) in [7, 11) is -3.50. The number of benzene rings is 2. The van der Waals surface area contributed by atoms with E-state index >= 15 is 0 Å². The average Bonchev–Trinajstić information content (AvgIpc) is 2.41. The third-order valence-corrected chi connectivity index (χ3v) is 3.68. The van der Waals surface area contributed by atoms with Crippen molar-refractivity contribution in [3.63, 3.8) is 0 Å². The van der Waals surface area contributed by atoms with E-state index in [0.29, 0.717) is 0 Å². The second-order valence-electron chi connectivity index (χ2n) is 3.71. The molecule has 0 fully saturated rings. The molecule has 0 aromatic heterocycles. The summed E-state index contributed by atoms with van der Waals surface area (Å²) >= 11 is 5.54. The second kappa shape index (κ2) is 7.07. The van der Waals surface area contributed by atoms with E-state index in [9.17, 15) is 8.42 Å².